The molecule has 138 valence electrons. The van der Waals surface area contributed by atoms with Crippen LogP contribution in [0.2, 0.25) is 0 Å². The summed E-state index contributed by atoms with van der Waals surface area (Å²) in [6.07, 6.45) is 1.54. The summed E-state index contributed by atoms with van der Waals surface area (Å²) in [5.41, 5.74) is 2.63. The third kappa shape index (κ3) is 3.60. The van der Waals surface area contributed by atoms with Crippen molar-refractivity contribution in [2.45, 2.75) is 32.1 Å². The fraction of sp³-hybridized carbons (Fsp3) is 0.286. The molecule has 1 aromatic heterocycles. The predicted octanol–water partition coefficient (Wildman–Crippen LogP) is 3.88. The average molecular weight is 365 g/mol. The molecule has 1 saturated heterocycles. The molecule has 3 aromatic rings. The lowest BCUT2D eigenvalue weighted by Gasteiger charge is -2.16. The van der Waals surface area contributed by atoms with Crippen LogP contribution in [0.4, 0.5) is 10.1 Å². The van der Waals surface area contributed by atoms with Gasteiger partial charge >= 0.3 is 0 Å². The second-order valence-electron chi connectivity index (χ2n) is 6.74. The lowest BCUT2D eigenvalue weighted by Crippen LogP contribution is -2.24. The number of hydrogen-bond donors (Lipinski definition) is 0. The topological polar surface area (TPSA) is 59.2 Å². The highest BCUT2D eigenvalue weighted by Crippen LogP contribution is 2.30. The molecule has 0 aliphatic carbocycles. The summed E-state index contributed by atoms with van der Waals surface area (Å²) in [4.78, 5) is 18.6. The third-order valence-electron chi connectivity index (χ3n) is 4.93. The second kappa shape index (κ2) is 7.31. The summed E-state index contributed by atoms with van der Waals surface area (Å²) in [6.45, 7) is 2.62. The summed E-state index contributed by atoms with van der Waals surface area (Å²) < 4.78 is 19.1. The lowest BCUT2D eigenvalue weighted by atomic mass is 10.1. The molecule has 1 amide bonds. The summed E-state index contributed by atoms with van der Waals surface area (Å²) in [5.74, 6) is 0.483. The van der Waals surface area contributed by atoms with Crippen molar-refractivity contribution in [2.75, 3.05) is 11.4 Å². The van der Waals surface area contributed by atoms with Gasteiger partial charge in [0.15, 0.2) is 5.82 Å². The van der Waals surface area contributed by atoms with Crippen LogP contribution >= 0.6 is 0 Å². The Morgan fingerprint density at radius 3 is 2.70 bits per heavy atom. The van der Waals surface area contributed by atoms with Gasteiger partial charge < -0.3 is 9.42 Å². The van der Waals surface area contributed by atoms with Crippen LogP contribution in [-0.2, 0) is 17.6 Å². The monoisotopic (exact) mass is 365 g/mol. The number of hydrogen-bond acceptors (Lipinski definition) is 4. The van der Waals surface area contributed by atoms with Gasteiger partial charge in [-0.1, -0.05) is 42.4 Å². The van der Waals surface area contributed by atoms with Gasteiger partial charge in [-0.2, -0.15) is 4.98 Å². The first-order chi connectivity index (χ1) is 13.1. The smallest absolute Gasteiger partial charge is 0.231 e. The van der Waals surface area contributed by atoms with Crippen molar-refractivity contribution in [3.8, 4) is 0 Å². The van der Waals surface area contributed by atoms with E-state index in [4.69, 9.17) is 4.52 Å². The highest BCUT2D eigenvalue weighted by molar-refractivity contribution is 5.96. The zero-order valence-corrected chi connectivity index (χ0v) is 15.1. The fourth-order valence-electron chi connectivity index (χ4n) is 3.35. The average Bonchev–Trinajstić information content (AvgIpc) is 3.30. The van der Waals surface area contributed by atoms with E-state index in [1.165, 1.54) is 11.6 Å². The highest BCUT2D eigenvalue weighted by Gasteiger charge is 2.34. The van der Waals surface area contributed by atoms with Crippen molar-refractivity contribution in [3.63, 3.8) is 0 Å². The van der Waals surface area contributed by atoms with Crippen LogP contribution in [0.3, 0.4) is 0 Å². The Labute approximate surface area is 156 Å². The first-order valence-electron chi connectivity index (χ1n) is 9.09. The number of aromatic nitrogens is 2. The second-order valence-corrected chi connectivity index (χ2v) is 6.74. The van der Waals surface area contributed by atoms with Gasteiger partial charge in [0.05, 0.1) is 6.42 Å². The molecule has 1 unspecified atom stereocenters. The third-order valence-corrected chi connectivity index (χ3v) is 4.93. The molecule has 5 nitrogen and oxygen atoms in total. The maximum Gasteiger partial charge on any atom is 0.231 e. The maximum atomic E-state index is 13.8. The number of nitrogens with zero attached hydrogens (tertiary/aromatic N) is 3. The molecular formula is C21H20FN3O2. The molecule has 27 heavy (non-hydrogen) atoms. The van der Waals surface area contributed by atoms with E-state index in [1.807, 2.05) is 24.3 Å². The SMILES string of the molecule is CCc1ccc(N2CC(c3noc(Cc4ccccc4F)n3)CC2=O)cc1. The minimum atomic E-state index is -0.296. The van der Waals surface area contributed by atoms with Gasteiger partial charge in [0, 0.05) is 24.6 Å². The van der Waals surface area contributed by atoms with Crippen LogP contribution in [0, 0.1) is 5.82 Å². The van der Waals surface area contributed by atoms with Gasteiger partial charge in [0.1, 0.15) is 5.82 Å². The fourth-order valence-corrected chi connectivity index (χ4v) is 3.35. The number of amides is 1. The van der Waals surface area contributed by atoms with Gasteiger partial charge in [-0.15, -0.1) is 0 Å². The minimum absolute atomic E-state index is 0.0460. The molecular weight excluding hydrogens is 345 g/mol. The van der Waals surface area contributed by atoms with Crippen molar-refractivity contribution >= 4 is 11.6 Å². The van der Waals surface area contributed by atoms with Crippen molar-refractivity contribution in [1.29, 1.82) is 0 Å². The molecule has 0 N–H and O–H groups in total. The Morgan fingerprint density at radius 1 is 1.19 bits per heavy atom. The molecule has 0 radical (unpaired) electrons. The molecule has 2 heterocycles. The molecule has 2 aromatic carbocycles. The number of carbonyl (C=O) groups excluding carboxylic acids is 1. The Morgan fingerprint density at radius 2 is 1.96 bits per heavy atom. The van der Waals surface area contributed by atoms with Crippen LogP contribution in [0.1, 0.15) is 42.1 Å². The summed E-state index contributed by atoms with van der Waals surface area (Å²) in [6, 6.07) is 14.5. The van der Waals surface area contributed by atoms with Crippen LogP contribution in [0.25, 0.3) is 0 Å². The van der Waals surface area contributed by atoms with Crippen molar-refractivity contribution in [3.05, 3.63) is 77.2 Å². The zero-order chi connectivity index (χ0) is 18.8. The lowest BCUT2D eigenvalue weighted by molar-refractivity contribution is -0.117. The normalized spacial score (nSPS) is 16.9. The van der Waals surface area contributed by atoms with E-state index in [-0.39, 0.29) is 24.1 Å². The Kier molecular flexibility index (Phi) is 4.71. The summed E-state index contributed by atoms with van der Waals surface area (Å²) >= 11 is 0. The van der Waals surface area contributed by atoms with Crippen LogP contribution in [0.5, 0.6) is 0 Å². The van der Waals surface area contributed by atoms with Crippen LogP contribution in [0.15, 0.2) is 53.1 Å². The minimum Gasteiger partial charge on any atom is -0.339 e. The first kappa shape index (κ1) is 17.4. The largest absolute Gasteiger partial charge is 0.339 e. The predicted molar refractivity (Wildman–Crippen MR) is 99.0 cm³/mol. The summed E-state index contributed by atoms with van der Waals surface area (Å²) in [5, 5.41) is 4.03. The van der Waals surface area contributed by atoms with E-state index < -0.39 is 0 Å². The van der Waals surface area contributed by atoms with E-state index in [0.717, 1.165) is 12.1 Å². The molecule has 0 saturated carbocycles. The molecule has 0 bridgehead atoms. The standard InChI is InChI=1S/C21H20FN3O2/c1-2-14-7-9-17(10-8-14)25-13-16(12-20(25)26)21-23-19(27-24-21)11-15-5-3-4-6-18(15)22/h3-10,16H,2,11-13H2,1H3. The number of carbonyl (C=O) groups is 1. The number of rotatable bonds is 5. The van der Waals surface area contributed by atoms with E-state index in [2.05, 4.69) is 17.1 Å². The molecule has 1 aliphatic heterocycles. The molecule has 0 spiro atoms. The Hall–Kier alpha value is -3.02. The van der Waals surface area contributed by atoms with Crippen molar-refractivity contribution in [2.24, 2.45) is 0 Å². The zero-order valence-electron chi connectivity index (χ0n) is 15.1. The van der Waals surface area contributed by atoms with E-state index in [0.29, 0.717) is 30.2 Å². The summed E-state index contributed by atoms with van der Waals surface area (Å²) in [7, 11) is 0. The quantitative estimate of drug-likeness (QED) is 0.688. The van der Waals surface area contributed by atoms with E-state index >= 15 is 0 Å². The number of halogens is 1. The van der Waals surface area contributed by atoms with Crippen molar-refractivity contribution in [1.82, 2.24) is 10.1 Å². The maximum absolute atomic E-state index is 13.8. The van der Waals surface area contributed by atoms with Crippen LogP contribution in [-0.4, -0.2) is 22.6 Å². The number of anilines is 1. The van der Waals surface area contributed by atoms with Gasteiger partial charge in [-0.05, 0) is 35.7 Å². The van der Waals surface area contributed by atoms with Gasteiger partial charge in [-0.3, -0.25) is 4.79 Å². The molecule has 1 atom stereocenters. The molecule has 1 fully saturated rings. The molecule has 6 heteroatoms. The Bertz CT molecular complexity index is 952. The molecule has 4 rings (SSSR count). The van der Waals surface area contributed by atoms with Gasteiger partial charge in [0.25, 0.3) is 0 Å². The number of benzene rings is 2. The van der Waals surface area contributed by atoms with Crippen LogP contribution < -0.4 is 4.90 Å². The van der Waals surface area contributed by atoms with E-state index in [9.17, 15) is 9.18 Å². The molecule has 1 aliphatic rings. The van der Waals surface area contributed by atoms with Crippen molar-refractivity contribution < 1.29 is 13.7 Å². The van der Waals surface area contributed by atoms with Gasteiger partial charge in [0.2, 0.25) is 11.8 Å². The highest BCUT2D eigenvalue weighted by atomic mass is 19.1. The Balaban J connectivity index is 1.47. The number of aryl methyl sites for hydroxylation is 1. The first-order valence-corrected chi connectivity index (χ1v) is 9.09. The van der Waals surface area contributed by atoms with E-state index in [1.54, 1.807) is 23.1 Å². The van der Waals surface area contributed by atoms with Gasteiger partial charge in [-0.25, -0.2) is 4.39 Å².